The Labute approximate surface area is 276 Å². The number of aromatic nitrogens is 2. The van der Waals surface area contributed by atoms with Crippen molar-refractivity contribution in [3.05, 3.63) is 82.3 Å². The number of piperidine rings is 1. The third-order valence-corrected chi connectivity index (χ3v) is 8.62. The summed E-state index contributed by atoms with van der Waals surface area (Å²) in [6.45, 7) is 11.6. The second-order valence-corrected chi connectivity index (χ2v) is 12.7. The largest absolute Gasteiger partial charge is 0.492 e. The van der Waals surface area contributed by atoms with Crippen LogP contribution in [0.1, 0.15) is 76.8 Å². The van der Waals surface area contributed by atoms with Crippen molar-refractivity contribution < 1.29 is 19.1 Å². The Bertz CT molecular complexity index is 1790. The van der Waals surface area contributed by atoms with Crippen LogP contribution in [0.15, 0.2) is 65.6 Å². The third kappa shape index (κ3) is 7.65. The molecule has 0 aliphatic carbocycles. The van der Waals surface area contributed by atoms with Crippen LogP contribution in [0.4, 0.5) is 16.2 Å². The van der Waals surface area contributed by atoms with E-state index in [1.165, 1.54) is 11.5 Å². The summed E-state index contributed by atoms with van der Waals surface area (Å²) in [7, 11) is 1.65. The standard InChI is InChI=1S/C37H45N5O5/c1-23(2)28-14-10-15-29(24(3)4)33(28)39-37(45)40-34-32(30-16-11-18-38-35(30)41(6)36(34)44)26-12-9-13-27(22-26)46-21-20-42-19-8-7-17-31(42)47-25(5)43/h9-16,18,22-24,31H,7-8,17,19-21H2,1-6H3,(H2,39,40,45). The number of benzene rings is 2. The van der Waals surface area contributed by atoms with Gasteiger partial charge in [-0.1, -0.05) is 58.0 Å². The monoisotopic (exact) mass is 639 g/mol. The van der Waals surface area contributed by atoms with Crippen molar-refractivity contribution in [2.75, 3.05) is 30.3 Å². The molecule has 1 unspecified atom stereocenters. The highest BCUT2D eigenvalue weighted by atomic mass is 16.6. The van der Waals surface area contributed by atoms with Crippen LogP contribution in [-0.4, -0.2) is 52.4 Å². The summed E-state index contributed by atoms with van der Waals surface area (Å²) in [5.74, 6) is 0.701. The van der Waals surface area contributed by atoms with Crippen LogP contribution >= 0.6 is 0 Å². The van der Waals surface area contributed by atoms with Gasteiger partial charge >= 0.3 is 12.0 Å². The second kappa shape index (κ2) is 14.8. The normalized spacial score (nSPS) is 15.2. The molecule has 0 saturated carbocycles. The molecule has 0 radical (unpaired) electrons. The maximum atomic E-state index is 13.9. The van der Waals surface area contributed by atoms with E-state index in [1.807, 2.05) is 54.6 Å². The molecule has 5 rings (SSSR count). The van der Waals surface area contributed by atoms with Gasteiger partial charge in [0, 0.05) is 49.9 Å². The van der Waals surface area contributed by atoms with Crippen molar-refractivity contribution >= 4 is 34.4 Å². The molecule has 1 aliphatic heterocycles. The van der Waals surface area contributed by atoms with Gasteiger partial charge in [-0.05, 0) is 72.1 Å². The molecule has 4 aromatic rings. The Morgan fingerprint density at radius 2 is 1.66 bits per heavy atom. The number of hydrogen-bond acceptors (Lipinski definition) is 7. The fourth-order valence-electron chi connectivity index (χ4n) is 6.30. The minimum atomic E-state index is -0.502. The molecule has 10 heteroatoms. The minimum Gasteiger partial charge on any atom is -0.492 e. The van der Waals surface area contributed by atoms with Crippen LogP contribution < -0.4 is 20.9 Å². The Morgan fingerprint density at radius 1 is 0.957 bits per heavy atom. The molecule has 47 heavy (non-hydrogen) atoms. The molecule has 2 N–H and O–H groups in total. The zero-order chi connectivity index (χ0) is 33.7. The number of hydrogen-bond donors (Lipinski definition) is 2. The molecule has 10 nitrogen and oxygen atoms in total. The van der Waals surface area contributed by atoms with E-state index < -0.39 is 6.03 Å². The maximum absolute atomic E-state index is 13.9. The highest BCUT2D eigenvalue weighted by Crippen LogP contribution is 2.36. The van der Waals surface area contributed by atoms with Gasteiger partial charge in [0.15, 0.2) is 6.23 Å². The number of carbonyl (C=O) groups is 2. The van der Waals surface area contributed by atoms with E-state index in [1.54, 1.807) is 13.2 Å². The average Bonchev–Trinajstić information content (AvgIpc) is 3.04. The number of anilines is 2. The van der Waals surface area contributed by atoms with Gasteiger partial charge in [-0.25, -0.2) is 9.78 Å². The molecule has 1 aliphatic rings. The summed E-state index contributed by atoms with van der Waals surface area (Å²) in [4.78, 5) is 45.8. The lowest BCUT2D eigenvalue weighted by Crippen LogP contribution is -2.44. The van der Waals surface area contributed by atoms with Crippen LogP contribution in [-0.2, 0) is 16.6 Å². The van der Waals surface area contributed by atoms with E-state index in [9.17, 15) is 14.4 Å². The molecule has 0 spiro atoms. The van der Waals surface area contributed by atoms with Gasteiger partial charge in [-0.3, -0.25) is 19.1 Å². The van der Waals surface area contributed by atoms with Gasteiger partial charge in [-0.15, -0.1) is 0 Å². The van der Waals surface area contributed by atoms with Crippen LogP contribution in [0, 0.1) is 0 Å². The van der Waals surface area contributed by atoms with E-state index in [-0.39, 0.29) is 35.3 Å². The zero-order valence-corrected chi connectivity index (χ0v) is 28.1. The summed E-state index contributed by atoms with van der Waals surface area (Å²) in [6, 6.07) is 16.7. The van der Waals surface area contributed by atoms with Crippen LogP contribution in [0.3, 0.4) is 0 Å². The fraction of sp³-hybridized carbons (Fsp3) is 0.405. The Hall–Kier alpha value is -4.70. The molecule has 1 saturated heterocycles. The molecule has 3 heterocycles. The van der Waals surface area contributed by atoms with Gasteiger partial charge < -0.3 is 20.1 Å². The fourth-order valence-corrected chi connectivity index (χ4v) is 6.30. The predicted octanol–water partition coefficient (Wildman–Crippen LogP) is 7.25. The number of fused-ring (bicyclic) bond motifs is 1. The van der Waals surface area contributed by atoms with Gasteiger partial charge in [-0.2, -0.15) is 0 Å². The van der Waals surface area contributed by atoms with Gasteiger partial charge in [0.05, 0.1) is 0 Å². The van der Waals surface area contributed by atoms with Crippen molar-refractivity contribution in [2.24, 2.45) is 7.05 Å². The highest BCUT2D eigenvalue weighted by Gasteiger charge is 2.25. The molecule has 2 aromatic carbocycles. The van der Waals surface area contributed by atoms with Crippen molar-refractivity contribution in [1.82, 2.24) is 14.5 Å². The lowest BCUT2D eigenvalue weighted by atomic mass is 9.93. The molecular formula is C37H45N5O5. The molecule has 1 fully saturated rings. The van der Waals surface area contributed by atoms with E-state index >= 15 is 0 Å². The molecule has 2 aromatic heterocycles. The SMILES string of the molecule is CC(=O)OC1CCCCN1CCOc1cccc(-c2c(NC(=O)Nc3c(C(C)C)cccc3C(C)C)c(=O)n(C)c3ncccc23)c1. The summed E-state index contributed by atoms with van der Waals surface area (Å²) in [5, 5.41) is 6.70. The van der Waals surface area contributed by atoms with Crippen LogP contribution in [0.25, 0.3) is 22.2 Å². The number of nitrogens with zero attached hydrogens (tertiary/aromatic N) is 3. The van der Waals surface area contributed by atoms with Gasteiger partial charge in [0.2, 0.25) is 0 Å². The van der Waals surface area contributed by atoms with Gasteiger partial charge in [0.1, 0.15) is 23.7 Å². The van der Waals surface area contributed by atoms with E-state index in [2.05, 4.69) is 48.2 Å². The van der Waals surface area contributed by atoms with E-state index in [0.717, 1.165) is 42.6 Å². The first kappa shape index (κ1) is 33.7. The minimum absolute atomic E-state index is 0.147. The third-order valence-electron chi connectivity index (χ3n) is 8.62. The Balaban J connectivity index is 1.46. The summed E-state index contributed by atoms with van der Waals surface area (Å²) < 4.78 is 13.2. The number of esters is 1. The molecule has 2 amide bonds. The van der Waals surface area contributed by atoms with Crippen molar-refractivity contribution in [3.8, 4) is 16.9 Å². The number of pyridine rings is 2. The summed E-state index contributed by atoms with van der Waals surface area (Å²) in [6.07, 6.45) is 4.28. The highest BCUT2D eigenvalue weighted by molar-refractivity contribution is 6.07. The topological polar surface area (TPSA) is 115 Å². The maximum Gasteiger partial charge on any atom is 0.323 e. The first-order chi connectivity index (χ1) is 22.5. The number of amides is 2. The van der Waals surface area contributed by atoms with E-state index in [0.29, 0.717) is 41.1 Å². The molecule has 1 atom stereocenters. The number of nitrogens with one attached hydrogen (secondary N) is 2. The van der Waals surface area contributed by atoms with Crippen molar-refractivity contribution in [2.45, 2.75) is 71.9 Å². The van der Waals surface area contributed by atoms with Gasteiger partial charge in [0.25, 0.3) is 5.56 Å². The van der Waals surface area contributed by atoms with Crippen LogP contribution in [0.2, 0.25) is 0 Å². The Kier molecular flexibility index (Phi) is 10.6. The first-order valence-corrected chi connectivity index (χ1v) is 16.4. The number of carbonyl (C=O) groups excluding carboxylic acids is 2. The number of para-hydroxylation sites is 1. The lowest BCUT2D eigenvalue weighted by Gasteiger charge is -2.34. The number of aryl methyl sites for hydroxylation is 1. The van der Waals surface area contributed by atoms with Crippen molar-refractivity contribution in [3.63, 3.8) is 0 Å². The predicted molar refractivity (Wildman–Crippen MR) is 186 cm³/mol. The number of rotatable bonds is 10. The number of likely N-dealkylation sites (tertiary alicyclic amines) is 1. The number of urea groups is 1. The summed E-state index contributed by atoms with van der Waals surface area (Å²) in [5.41, 5.74) is 4.34. The van der Waals surface area contributed by atoms with Crippen LogP contribution in [0.5, 0.6) is 5.75 Å². The molecule has 248 valence electrons. The summed E-state index contributed by atoms with van der Waals surface area (Å²) >= 11 is 0. The first-order valence-electron chi connectivity index (χ1n) is 16.4. The lowest BCUT2D eigenvalue weighted by molar-refractivity contribution is -0.160. The zero-order valence-electron chi connectivity index (χ0n) is 28.1. The second-order valence-electron chi connectivity index (χ2n) is 12.7. The van der Waals surface area contributed by atoms with E-state index in [4.69, 9.17) is 9.47 Å². The smallest absolute Gasteiger partial charge is 0.323 e. The van der Waals surface area contributed by atoms with Crippen molar-refractivity contribution in [1.29, 1.82) is 0 Å². The Morgan fingerprint density at radius 3 is 2.36 bits per heavy atom. The molecular weight excluding hydrogens is 594 g/mol. The molecule has 0 bridgehead atoms. The number of ether oxygens (including phenoxy) is 2. The average molecular weight is 640 g/mol. The quantitative estimate of drug-likeness (QED) is 0.176.